The molecule has 0 spiro atoms. The van der Waals surface area contributed by atoms with Gasteiger partial charge in [-0.3, -0.25) is 4.79 Å². The first kappa shape index (κ1) is 13.9. The Morgan fingerprint density at radius 2 is 2.22 bits per heavy atom. The fourth-order valence-corrected chi connectivity index (χ4v) is 2.69. The van der Waals surface area contributed by atoms with Crippen molar-refractivity contribution in [1.82, 2.24) is 9.61 Å². The SMILES string of the molecule is CC(=O)c1cccc(-c2c[nH+]c3ccc(NCC4CC4)nn23)c1. The molecule has 5 nitrogen and oxygen atoms in total. The minimum atomic E-state index is 0.0661. The molecule has 1 aromatic carbocycles. The Hall–Kier alpha value is -2.69. The number of nitrogens with zero attached hydrogens (tertiary/aromatic N) is 2. The van der Waals surface area contributed by atoms with Gasteiger partial charge in [0, 0.05) is 23.7 Å². The number of fused-ring (bicyclic) bond motifs is 1. The van der Waals surface area contributed by atoms with Crippen molar-refractivity contribution < 1.29 is 9.78 Å². The first-order valence-electron chi connectivity index (χ1n) is 7.96. The van der Waals surface area contributed by atoms with Gasteiger partial charge in [-0.2, -0.15) is 0 Å². The van der Waals surface area contributed by atoms with Gasteiger partial charge in [0.2, 0.25) is 5.69 Å². The van der Waals surface area contributed by atoms with Crippen molar-refractivity contribution in [2.24, 2.45) is 5.92 Å². The van der Waals surface area contributed by atoms with E-state index in [9.17, 15) is 4.79 Å². The maximum atomic E-state index is 11.6. The number of aromatic amines is 1. The number of nitrogens with one attached hydrogen (secondary N) is 2. The second-order valence-corrected chi connectivity index (χ2v) is 6.15. The third-order valence-corrected chi connectivity index (χ3v) is 4.25. The minimum Gasteiger partial charge on any atom is -0.367 e. The molecule has 0 unspecified atom stereocenters. The first-order valence-corrected chi connectivity index (χ1v) is 7.96. The summed E-state index contributed by atoms with van der Waals surface area (Å²) in [6.45, 7) is 2.57. The number of carbonyl (C=O) groups is 1. The van der Waals surface area contributed by atoms with Crippen molar-refractivity contribution in [3.05, 3.63) is 48.2 Å². The molecule has 1 aliphatic carbocycles. The Kier molecular flexibility index (Phi) is 3.33. The summed E-state index contributed by atoms with van der Waals surface area (Å²) in [5.74, 6) is 1.74. The number of hydrogen-bond acceptors (Lipinski definition) is 3. The summed E-state index contributed by atoms with van der Waals surface area (Å²) in [7, 11) is 0. The quantitative estimate of drug-likeness (QED) is 0.737. The number of rotatable bonds is 5. The van der Waals surface area contributed by atoms with Gasteiger partial charge in [-0.05, 0) is 37.8 Å². The van der Waals surface area contributed by atoms with Crippen molar-refractivity contribution in [2.75, 3.05) is 11.9 Å². The molecule has 2 aromatic heterocycles. The molecule has 4 rings (SSSR count). The van der Waals surface area contributed by atoms with Crippen molar-refractivity contribution in [1.29, 1.82) is 0 Å². The van der Waals surface area contributed by atoms with E-state index in [2.05, 4.69) is 15.4 Å². The number of imidazole rings is 1. The van der Waals surface area contributed by atoms with E-state index in [-0.39, 0.29) is 5.78 Å². The van der Waals surface area contributed by atoms with Crippen LogP contribution in [-0.4, -0.2) is 21.9 Å². The molecule has 0 radical (unpaired) electrons. The monoisotopic (exact) mass is 307 g/mol. The standard InChI is InChI=1S/C18H18N4O/c1-12(23)14-3-2-4-15(9-14)16-11-20-18-8-7-17(21-22(16)18)19-10-13-5-6-13/h2-4,7-9,11,13H,5-6,10H2,1H3,(H,19,21)/p+1. The van der Waals surface area contributed by atoms with E-state index in [4.69, 9.17) is 0 Å². The van der Waals surface area contributed by atoms with Gasteiger partial charge in [-0.25, -0.2) is 4.98 Å². The summed E-state index contributed by atoms with van der Waals surface area (Å²) in [6, 6.07) is 11.6. The Morgan fingerprint density at radius 3 is 3.00 bits per heavy atom. The van der Waals surface area contributed by atoms with Crippen LogP contribution in [0.25, 0.3) is 16.9 Å². The van der Waals surface area contributed by atoms with Crippen molar-refractivity contribution in [3.63, 3.8) is 0 Å². The average Bonchev–Trinajstić information content (AvgIpc) is 3.30. The summed E-state index contributed by atoms with van der Waals surface area (Å²) in [4.78, 5) is 14.8. The molecule has 1 fully saturated rings. The molecule has 23 heavy (non-hydrogen) atoms. The lowest BCUT2D eigenvalue weighted by Crippen LogP contribution is -2.08. The van der Waals surface area contributed by atoms with Gasteiger partial charge in [0.25, 0.3) is 0 Å². The largest absolute Gasteiger partial charge is 0.367 e. The maximum Gasteiger partial charge on any atom is 0.305 e. The van der Waals surface area contributed by atoms with Crippen LogP contribution in [0.4, 0.5) is 5.82 Å². The van der Waals surface area contributed by atoms with E-state index in [0.29, 0.717) is 5.56 Å². The number of anilines is 1. The van der Waals surface area contributed by atoms with E-state index in [0.717, 1.165) is 35.2 Å². The number of H-pyrrole nitrogens is 1. The molecule has 2 N–H and O–H groups in total. The van der Waals surface area contributed by atoms with E-state index < -0.39 is 0 Å². The number of aromatic nitrogens is 3. The van der Waals surface area contributed by atoms with Crippen LogP contribution >= 0.6 is 0 Å². The molecule has 0 bridgehead atoms. The highest BCUT2D eigenvalue weighted by Gasteiger charge is 2.21. The Bertz CT molecular complexity index is 880. The van der Waals surface area contributed by atoms with Gasteiger partial charge in [0.15, 0.2) is 11.6 Å². The maximum absolute atomic E-state index is 11.6. The number of ketones is 1. The number of Topliss-reactive ketones (excluding diaryl/α,β-unsaturated/α-hetero) is 1. The second kappa shape index (κ2) is 5.50. The normalized spacial score (nSPS) is 14.1. The van der Waals surface area contributed by atoms with Crippen LogP contribution < -0.4 is 10.3 Å². The lowest BCUT2D eigenvalue weighted by atomic mass is 10.1. The Labute approximate surface area is 134 Å². The molecule has 5 heteroatoms. The summed E-state index contributed by atoms with van der Waals surface area (Å²) in [5, 5.41) is 8.07. The van der Waals surface area contributed by atoms with Crippen LogP contribution in [0.3, 0.4) is 0 Å². The summed E-state index contributed by atoms with van der Waals surface area (Å²) in [6.07, 6.45) is 4.55. The van der Waals surface area contributed by atoms with Gasteiger partial charge < -0.3 is 5.32 Å². The molecule has 3 aromatic rings. The zero-order valence-corrected chi connectivity index (χ0v) is 13.0. The van der Waals surface area contributed by atoms with Crippen LogP contribution in [0.15, 0.2) is 42.6 Å². The van der Waals surface area contributed by atoms with Gasteiger partial charge >= 0.3 is 5.65 Å². The van der Waals surface area contributed by atoms with Crippen LogP contribution in [0.2, 0.25) is 0 Å². The zero-order chi connectivity index (χ0) is 15.8. The molecular weight excluding hydrogens is 288 g/mol. The van der Waals surface area contributed by atoms with E-state index in [1.807, 2.05) is 47.1 Å². The highest BCUT2D eigenvalue weighted by atomic mass is 16.1. The van der Waals surface area contributed by atoms with Crippen molar-refractivity contribution >= 4 is 17.2 Å². The number of benzene rings is 1. The summed E-state index contributed by atoms with van der Waals surface area (Å²) >= 11 is 0. The van der Waals surface area contributed by atoms with Gasteiger partial charge in [0.05, 0.1) is 0 Å². The summed E-state index contributed by atoms with van der Waals surface area (Å²) < 4.78 is 1.88. The topological polar surface area (TPSA) is 60.5 Å². The Balaban J connectivity index is 1.72. The van der Waals surface area contributed by atoms with Crippen LogP contribution in [-0.2, 0) is 0 Å². The highest BCUT2D eigenvalue weighted by Crippen LogP contribution is 2.28. The molecule has 116 valence electrons. The molecule has 0 atom stereocenters. The molecular formula is C18H19N4O+. The van der Waals surface area contributed by atoms with Crippen molar-refractivity contribution in [3.8, 4) is 11.3 Å². The van der Waals surface area contributed by atoms with Crippen LogP contribution in [0.1, 0.15) is 30.1 Å². The fraction of sp³-hybridized carbons (Fsp3) is 0.278. The molecule has 2 heterocycles. The summed E-state index contributed by atoms with van der Waals surface area (Å²) in [5.41, 5.74) is 3.55. The lowest BCUT2D eigenvalue weighted by Gasteiger charge is -2.03. The molecule has 1 aliphatic rings. The molecule has 0 aliphatic heterocycles. The number of hydrogen-bond donors (Lipinski definition) is 1. The van der Waals surface area contributed by atoms with E-state index in [1.165, 1.54) is 12.8 Å². The van der Waals surface area contributed by atoms with Gasteiger partial charge in [-0.15, -0.1) is 0 Å². The highest BCUT2D eigenvalue weighted by molar-refractivity contribution is 5.95. The molecule has 0 amide bonds. The zero-order valence-electron chi connectivity index (χ0n) is 13.0. The van der Waals surface area contributed by atoms with Gasteiger partial charge in [-0.1, -0.05) is 27.8 Å². The van der Waals surface area contributed by atoms with E-state index in [1.54, 1.807) is 6.92 Å². The smallest absolute Gasteiger partial charge is 0.305 e. The average molecular weight is 307 g/mol. The van der Waals surface area contributed by atoms with Crippen LogP contribution in [0, 0.1) is 5.92 Å². The number of carbonyl (C=O) groups excluding carboxylic acids is 1. The van der Waals surface area contributed by atoms with Crippen LogP contribution in [0.5, 0.6) is 0 Å². The van der Waals surface area contributed by atoms with Crippen molar-refractivity contribution in [2.45, 2.75) is 19.8 Å². The second-order valence-electron chi connectivity index (χ2n) is 6.15. The minimum absolute atomic E-state index is 0.0661. The lowest BCUT2D eigenvalue weighted by molar-refractivity contribution is -0.343. The predicted molar refractivity (Wildman–Crippen MR) is 88.4 cm³/mol. The third-order valence-electron chi connectivity index (χ3n) is 4.25. The molecule has 0 saturated heterocycles. The van der Waals surface area contributed by atoms with Gasteiger partial charge in [0.1, 0.15) is 6.20 Å². The van der Waals surface area contributed by atoms with E-state index >= 15 is 0 Å². The first-order chi connectivity index (χ1) is 11.2. The molecule has 1 saturated carbocycles. The Morgan fingerprint density at radius 1 is 1.35 bits per heavy atom. The fourth-order valence-electron chi connectivity index (χ4n) is 2.69. The predicted octanol–water partition coefficient (Wildman–Crippen LogP) is 2.84. The third kappa shape index (κ3) is 2.82.